The number of rotatable bonds is 2. The normalized spacial score (nSPS) is 11.4. The first-order valence-electron chi connectivity index (χ1n) is 7.71. The van der Waals surface area contributed by atoms with Crippen molar-refractivity contribution in [1.82, 2.24) is 30.1 Å². The smallest absolute Gasteiger partial charge is 0.137 e. The summed E-state index contributed by atoms with van der Waals surface area (Å²) in [4.78, 5) is 16.3. The minimum Gasteiger partial charge on any atom is -0.506 e. The molecule has 5 rings (SSSR count). The first-order valence-corrected chi connectivity index (χ1v) is 7.71. The van der Waals surface area contributed by atoms with Crippen LogP contribution in [-0.4, -0.2) is 35.2 Å². The van der Waals surface area contributed by atoms with Gasteiger partial charge in [-0.1, -0.05) is 0 Å². The van der Waals surface area contributed by atoms with Crippen LogP contribution >= 0.6 is 0 Å². The van der Waals surface area contributed by atoms with Crippen molar-refractivity contribution < 1.29 is 5.11 Å². The average Bonchev–Trinajstić information content (AvgIpc) is 3.24. The van der Waals surface area contributed by atoms with Gasteiger partial charge in [-0.3, -0.25) is 10.1 Å². The van der Waals surface area contributed by atoms with Gasteiger partial charge in [-0.25, -0.2) is 9.97 Å². The van der Waals surface area contributed by atoms with Gasteiger partial charge in [0, 0.05) is 23.3 Å². The van der Waals surface area contributed by atoms with E-state index < -0.39 is 0 Å². The van der Waals surface area contributed by atoms with Gasteiger partial charge in [-0.05, 0) is 36.4 Å². The fourth-order valence-corrected chi connectivity index (χ4v) is 2.90. The lowest BCUT2D eigenvalue weighted by atomic mass is 10.1. The summed E-state index contributed by atoms with van der Waals surface area (Å²) in [5.74, 6) is 0.105. The maximum absolute atomic E-state index is 9.64. The molecule has 0 aliphatic rings. The van der Waals surface area contributed by atoms with Crippen molar-refractivity contribution in [3.05, 3.63) is 55.0 Å². The molecule has 0 atom stereocenters. The average molecular weight is 328 g/mol. The minimum absolute atomic E-state index is 0.105. The Morgan fingerprint density at radius 3 is 2.88 bits per heavy atom. The Morgan fingerprint density at radius 1 is 1.04 bits per heavy atom. The Balaban J connectivity index is 1.70. The van der Waals surface area contributed by atoms with Gasteiger partial charge < -0.3 is 10.1 Å². The number of aromatic hydroxyl groups is 1. The summed E-state index contributed by atoms with van der Waals surface area (Å²) in [6.07, 6.45) is 4.81. The molecule has 5 heterocycles. The van der Waals surface area contributed by atoms with E-state index in [1.54, 1.807) is 18.5 Å². The maximum Gasteiger partial charge on any atom is 0.137 e. The zero-order valence-corrected chi connectivity index (χ0v) is 12.9. The molecule has 0 bridgehead atoms. The summed E-state index contributed by atoms with van der Waals surface area (Å²) in [5.41, 5.74) is 5.41. The Bertz CT molecular complexity index is 1190. The van der Waals surface area contributed by atoms with E-state index in [-0.39, 0.29) is 5.75 Å². The van der Waals surface area contributed by atoms with Gasteiger partial charge in [0.1, 0.15) is 22.6 Å². The van der Waals surface area contributed by atoms with Crippen LogP contribution in [0.1, 0.15) is 0 Å². The topological polar surface area (TPSA) is 103 Å². The van der Waals surface area contributed by atoms with Crippen LogP contribution in [0.15, 0.2) is 55.0 Å². The number of H-pyrrole nitrogens is 2. The molecule has 0 spiro atoms. The van der Waals surface area contributed by atoms with Crippen LogP contribution in [0.4, 0.5) is 0 Å². The van der Waals surface area contributed by atoms with Crippen molar-refractivity contribution in [2.24, 2.45) is 0 Å². The summed E-state index contributed by atoms with van der Waals surface area (Å²) in [7, 11) is 0. The quantitative estimate of drug-likeness (QED) is 0.461. The lowest BCUT2D eigenvalue weighted by molar-refractivity contribution is 0.473. The molecular formula is C18H12N6O. The number of nitrogens with one attached hydrogen (secondary N) is 2. The third-order valence-corrected chi connectivity index (χ3v) is 4.07. The largest absolute Gasteiger partial charge is 0.506 e. The number of nitrogens with zero attached hydrogens (tertiary/aromatic N) is 4. The Labute approximate surface area is 141 Å². The summed E-state index contributed by atoms with van der Waals surface area (Å²) < 4.78 is 0. The fraction of sp³-hybridized carbons (Fsp3) is 0. The van der Waals surface area contributed by atoms with E-state index in [4.69, 9.17) is 4.98 Å². The minimum atomic E-state index is 0.105. The maximum atomic E-state index is 9.64. The van der Waals surface area contributed by atoms with Gasteiger partial charge in [0.05, 0.1) is 23.1 Å². The molecule has 0 fully saturated rings. The van der Waals surface area contributed by atoms with Gasteiger partial charge in [-0.15, -0.1) is 0 Å². The van der Waals surface area contributed by atoms with Crippen LogP contribution in [0.25, 0.3) is 44.7 Å². The third-order valence-electron chi connectivity index (χ3n) is 4.07. The molecule has 0 aliphatic heterocycles. The predicted molar refractivity (Wildman–Crippen MR) is 93.9 cm³/mol. The summed E-state index contributed by atoms with van der Waals surface area (Å²) in [6, 6.07) is 11.3. The van der Waals surface area contributed by atoms with Crippen molar-refractivity contribution in [2.75, 3.05) is 0 Å². The van der Waals surface area contributed by atoms with Crippen molar-refractivity contribution in [2.45, 2.75) is 0 Å². The third kappa shape index (κ3) is 2.21. The number of aromatic amines is 2. The van der Waals surface area contributed by atoms with E-state index in [0.29, 0.717) is 5.69 Å². The van der Waals surface area contributed by atoms with Crippen molar-refractivity contribution in [3.63, 3.8) is 0 Å². The molecule has 7 heteroatoms. The Morgan fingerprint density at radius 2 is 2.00 bits per heavy atom. The highest BCUT2D eigenvalue weighted by Crippen LogP contribution is 2.29. The van der Waals surface area contributed by atoms with E-state index in [1.165, 1.54) is 6.20 Å². The van der Waals surface area contributed by atoms with Gasteiger partial charge in [0.25, 0.3) is 0 Å². The standard InChI is InChI=1S/C18H12N6O/c25-12-6-11(8-19-9-12)13-3-4-14-16(21-13)17(24-23-14)15-7-10-2-1-5-20-18(10)22-15/h1-9,25H,(H,20,22)(H,23,24). The van der Waals surface area contributed by atoms with Crippen LogP contribution in [0.3, 0.4) is 0 Å². The number of hydrogen-bond acceptors (Lipinski definition) is 5. The molecule has 7 nitrogen and oxygen atoms in total. The van der Waals surface area contributed by atoms with Gasteiger partial charge in [-0.2, -0.15) is 5.10 Å². The lowest BCUT2D eigenvalue weighted by Crippen LogP contribution is -1.87. The van der Waals surface area contributed by atoms with Crippen molar-refractivity contribution >= 4 is 22.1 Å². The van der Waals surface area contributed by atoms with Crippen LogP contribution in [0.5, 0.6) is 5.75 Å². The van der Waals surface area contributed by atoms with Crippen LogP contribution < -0.4 is 0 Å². The molecule has 3 N–H and O–H groups in total. The first kappa shape index (κ1) is 13.7. The molecule has 0 aliphatic carbocycles. The second-order valence-electron chi connectivity index (χ2n) is 5.72. The van der Waals surface area contributed by atoms with Crippen LogP contribution in [0, 0.1) is 0 Å². The SMILES string of the molecule is Oc1cncc(-c2ccc3[nH]nc(-c4cc5cccnc5[nH]4)c3n2)c1. The van der Waals surface area contributed by atoms with Gasteiger partial charge in [0.2, 0.25) is 0 Å². The van der Waals surface area contributed by atoms with E-state index in [9.17, 15) is 5.11 Å². The van der Waals surface area contributed by atoms with Crippen LogP contribution in [-0.2, 0) is 0 Å². The molecule has 0 amide bonds. The lowest BCUT2D eigenvalue weighted by Gasteiger charge is -2.01. The summed E-state index contributed by atoms with van der Waals surface area (Å²) in [6.45, 7) is 0. The molecule has 0 saturated heterocycles. The number of hydrogen-bond donors (Lipinski definition) is 3. The van der Waals surface area contributed by atoms with Crippen molar-refractivity contribution in [1.29, 1.82) is 0 Å². The Hall–Kier alpha value is -3.74. The number of aromatic nitrogens is 6. The molecular weight excluding hydrogens is 316 g/mol. The van der Waals surface area contributed by atoms with Crippen molar-refractivity contribution in [3.8, 4) is 28.4 Å². The second kappa shape index (κ2) is 5.13. The fourth-order valence-electron chi connectivity index (χ4n) is 2.90. The molecule has 25 heavy (non-hydrogen) atoms. The highest BCUT2D eigenvalue weighted by molar-refractivity contribution is 5.93. The number of fused-ring (bicyclic) bond motifs is 2. The van der Waals surface area contributed by atoms with E-state index in [1.807, 2.05) is 30.3 Å². The molecule has 0 unspecified atom stereocenters. The monoisotopic (exact) mass is 328 g/mol. The summed E-state index contributed by atoms with van der Waals surface area (Å²) in [5, 5.41) is 18.1. The molecule has 5 aromatic heterocycles. The predicted octanol–water partition coefficient (Wildman–Crippen LogP) is 3.27. The molecule has 0 aromatic carbocycles. The zero-order chi connectivity index (χ0) is 16.8. The number of pyridine rings is 3. The van der Waals surface area contributed by atoms with Crippen LogP contribution in [0.2, 0.25) is 0 Å². The molecule has 120 valence electrons. The zero-order valence-electron chi connectivity index (χ0n) is 12.9. The molecule has 0 radical (unpaired) electrons. The highest BCUT2D eigenvalue weighted by atomic mass is 16.3. The van der Waals surface area contributed by atoms with E-state index >= 15 is 0 Å². The molecule has 0 saturated carbocycles. The first-order chi connectivity index (χ1) is 12.3. The second-order valence-corrected chi connectivity index (χ2v) is 5.72. The van der Waals surface area contributed by atoms with E-state index in [2.05, 4.69) is 25.1 Å². The Kier molecular flexibility index (Phi) is 2.81. The van der Waals surface area contributed by atoms with Gasteiger partial charge >= 0.3 is 0 Å². The highest BCUT2D eigenvalue weighted by Gasteiger charge is 2.14. The van der Waals surface area contributed by atoms with E-state index in [0.717, 1.165) is 39.0 Å². The van der Waals surface area contributed by atoms with Gasteiger partial charge in [0.15, 0.2) is 0 Å². The summed E-state index contributed by atoms with van der Waals surface area (Å²) >= 11 is 0. The molecule has 5 aromatic rings.